The number of hydrogen-bond acceptors (Lipinski definition) is 1. The Labute approximate surface area is 222 Å². The molecule has 0 aromatic heterocycles. The number of halogens is 1. The minimum atomic E-state index is -0.213. The summed E-state index contributed by atoms with van der Waals surface area (Å²) in [4.78, 5) is 0. The number of allylic oxidation sites excluding steroid dienone is 1. The van der Waals surface area contributed by atoms with Gasteiger partial charge in [-0.05, 0) is 22.0 Å². The maximum absolute atomic E-state index is 11.9. The summed E-state index contributed by atoms with van der Waals surface area (Å²) in [6.07, 6.45) is 2.43. The molecule has 178 valence electrons. The van der Waals surface area contributed by atoms with Crippen molar-refractivity contribution in [1.29, 1.82) is 0 Å². The van der Waals surface area contributed by atoms with Gasteiger partial charge in [-0.3, -0.25) is 0 Å². The molecule has 1 nitrogen and oxygen atoms in total. The van der Waals surface area contributed by atoms with E-state index in [4.69, 9.17) is 11.6 Å². The molecule has 0 radical (unpaired) electrons. The van der Waals surface area contributed by atoms with E-state index < -0.39 is 0 Å². The number of fused-ring (bicyclic) bond motifs is 1. The zero-order chi connectivity index (χ0) is 25.5. The van der Waals surface area contributed by atoms with Crippen LogP contribution < -0.4 is 5.11 Å². The molecule has 1 aliphatic carbocycles. The van der Waals surface area contributed by atoms with Gasteiger partial charge >= 0.3 is 121 Å². The van der Waals surface area contributed by atoms with Crippen LogP contribution in [-0.4, -0.2) is 0 Å². The molecule has 33 heavy (non-hydrogen) atoms. The molecule has 0 amide bonds. The van der Waals surface area contributed by atoms with Crippen molar-refractivity contribution in [2.75, 3.05) is 0 Å². The Morgan fingerprint density at radius 3 is 1.91 bits per heavy atom. The Bertz CT molecular complexity index is 1030. The van der Waals surface area contributed by atoms with E-state index in [1.54, 1.807) is 47.5 Å². The zero-order valence-electron chi connectivity index (χ0n) is 22.4. The van der Waals surface area contributed by atoms with Crippen molar-refractivity contribution in [2.24, 2.45) is 0 Å². The first kappa shape index (κ1) is 28.4. The summed E-state index contributed by atoms with van der Waals surface area (Å²) in [5.41, 5.74) is 9.27. The Hall–Kier alpha value is -0.847. The van der Waals surface area contributed by atoms with Gasteiger partial charge in [0.1, 0.15) is 0 Å². The summed E-state index contributed by atoms with van der Waals surface area (Å²) in [7, 11) is 0. The first-order valence-electron chi connectivity index (χ1n) is 12.0. The van der Waals surface area contributed by atoms with Crippen molar-refractivity contribution in [1.82, 2.24) is 0 Å². The molecular formula is C30H41ClOZr. The van der Waals surface area contributed by atoms with Gasteiger partial charge in [-0.25, -0.2) is 0 Å². The molecule has 0 saturated heterocycles. The summed E-state index contributed by atoms with van der Waals surface area (Å²) in [5.74, 6) is 1.27. The molecule has 0 N–H and O–H groups in total. The van der Waals surface area contributed by atoms with Crippen molar-refractivity contribution in [3.05, 3.63) is 68.2 Å². The van der Waals surface area contributed by atoms with Crippen LogP contribution in [0.4, 0.5) is 0 Å². The van der Waals surface area contributed by atoms with Gasteiger partial charge in [0, 0.05) is 5.02 Å². The van der Waals surface area contributed by atoms with Crippen LogP contribution >= 0.6 is 11.6 Å². The summed E-state index contributed by atoms with van der Waals surface area (Å²) >= 11 is 8.00. The van der Waals surface area contributed by atoms with E-state index in [0.29, 0.717) is 20.5 Å². The second-order valence-corrected chi connectivity index (χ2v) is 13.8. The van der Waals surface area contributed by atoms with Crippen LogP contribution in [-0.2, 0) is 35.5 Å². The van der Waals surface area contributed by atoms with Crippen LogP contribution in [0.15, 0.2) is 29.8 Å². The van der Waals surface area contributed by atoms with Gasteiger partial charge in [-0.15, -0.1) is 5.75 Å². The normalized spacial score (nSPS) is 15.9. The molecule has 2 aromatic carbocycles. The topological polar surface area (TPSA) is 23.1 Å². The molecule has 0 aliphatic heterocycles. The van der Waals surface area contributed by atoms with Gasteiger partial charge in [0.25, 0.3) is 0 Å². The molecule has 3 rings (SSSR count). The quantitative estimate of drug-likeness (QED) is 0.370. The Morgan fingerprint density at radius 1 is 0.879 bits per heavy atom. The Morgan fingerprint density at radius 2 is 1.45 bits per heavy atom. The monoisotopic (exact) mass is 542 g/mol. The number of rotatable bonds is 2. The van der Waals surface area contributed by atoms with Crippen LogP contribution in [0.3, 0.4) is 0 Å². The summed E-state index contributed by atoms with van der Waals surface area (Å²) < 4.78 is 0.691. The predicted octanol–water partition coefficient (Wildman–Crippen LogP) is 8.95. The van der Waals surface area contributed by atoms with Gasteiger partial charge in [-0.2, -0.15) is 0 Å². The van der Waals surface area contributed by atoms with Gasteiger partial charge in [0.05, 0.1) is 0 Å². The van der Waals surface area contributed by atoms with Crippen molar-refractivity contribution in [2.45, 2.75) is 102 Å². The second-order valence-electron chi connectivity index (χ2n) is 12.0. The number of hydrogen-bond donors (Lipinski definition) is 0. The second kappa shape index (κ2) is 10.4. The van der Waals surface area contributed by atoms with E-state index in [1.807, 2.05) is 26.8 Å². The molecule has 1 unspecified atom stereocenters. The standard InChI is InChI=1S/C16H21.C14H21ClO.Zr/c1-10(2)14-7-6-13-8-12(5)9-15(13)16(14)11(3)4;1-13(2,3)9-7-8-10(16)11(12(9)15)14(4,5)6;/h6-11H,1-5H3;7-8,16H,1-6H3;/q;;+1/p-1. The van der Waals surface area contributed by atoms with Gasteiger partial charge in [-0.1, -0.05) is 65.3 Å². The van der Waals surface area contributed by atoms with Gasteiger partial charge < -0.3 is 5.11 Å². The van der Waals surface area contributed by atoms with Crippen molar-refractivity contribution < 1.29 is 29.8 Å². The van der Waals surface area contributed by atoms with Gasteiger partial charge in [0.15, 0.2) is 0 Å². The first-order valence-corrected chi connectivity index (χ1v) is 13.8. The van der Waals surface area contributed by atoms with E-state index in [1.165, 1.54) is 11.1 Å². The summed E-state index contributed by atoms with van der Waals surface area (Å²) in [6.45, 7) is 23.9. The third-order valence-electron chi connectivity index (χ3n) is 6.35. The van der Waals surface area contributed by atoms with E-state index in [9.17, 15) is 5.11 Å². The zero-order valence-corrected chi connectivity index (χ0v) is 25.6. The predicted molar refractivity (Wildman–Crippen MR) is 139 cm³/mol. The van der Waals surface area contributed by atoms with E-state index in [2.05, 4.69) is 73.6 Å². The fourth-order valence-corrected chi connectivity index (χ4v) is 6.17. The third-order valence-corrected chi connectivity index (χ3v) is 8.63. The number of benzene rings is 2. The van der Waals surface area contributed by atoms with Crippen molar-refractivity contribution in [3.63, 3.8) is 0 Å². The average molecular weight is 544 g/mol. The average Bonchev–Trinajstić information content (AvgIpc) is 2.93. The molecule has 0 fully saturated rings. The van der Waals surface area contributed by atoms with Gasteiger partial charge in [0.2, 0.25) is 0 Å². The molecule has 0 saturated carbocycles. The van der Waals surface area contributed by atoms with Crippen LogP contribution in [0.5, 0.6) is 5.75 Å². The summed E-state index contributed by atoms with van der Waals surface area (Å²) in [5, 5.41) is 12.5. The Balaban J connectivity index is 0.000000234. The molecule has 1 atom stereocenters. The molecule has 0 spiro atoms. The molecule has 2 aromatic rings. The minimum absolute atomic E-state index is 0.0329. The fraction of sp³-hybridized carbons (Fsp3) is 0.533. The molecule has 1 aliphatic rings. The Kier molecular flexibility index (Phi) is 8.96. The molecule has 0 bridgehead atoms. The molecule has 0 heterocycles. The fourth-order valence-electron chi connectivity index (χ4n) is 4.62. The maximum atomic E-state index is 11.9. The van der Waals surface area contributed by atoms with Crippen molar-refractivity contribution in [3.8, 4) is 5.75 Å². The van der Waals surface area contributed by atoms with Crippen molar-refractivity contribution >= 4 is 17.7 Å². The third kappa shape index (κ3) is 6.24. The van der Waals surface area contributed by atoms with Crippen LogP contribution in [0.25, 0.3) is 6.08 Å². The molecular weight excluding hydrogens is 503 g/mol. The summed E-state index contributed by atoms with van der Waals surface area (Å²) in [6, 6.07) is 8.21. The van der Waals surface area contributed by atoms with E-state index in [-0.39, 0.29) is 16.6 Å². The molecule has 3 heteroatoms. The SMILES string of the molecule is CC(C)(C)c1ccc([O-])c(C(C)(C)C)c1Cl.CC1=Cc2c(ccc(C(C)C)c2C(C)C)[CH]1[Zr+]. The van der Waals surface area contributed by atoms with Crippen LogP contribution in [0.2, 0.25) is 5.02 Å². The van der Waals surface area contributed by atoms with E-state index in [0.717, 1.165) is 11.1 Å². The van der Waals surface area contributed by atoms with E-state index >= 15 is 0 Å². The van der Waals surface area contributed by atoms with Crippen LogP contribution in [0, 0.1) is 0 Å². The van der Waals surface area contributed by atoms with Crippen LogP contribution in [0.1, 0.15) is 125 Å². The first-order chi connectivity index (χ1) is 15.0.